The fourth-order valence-electron chi connectivity index (χ4n) is 5.07. The van der Waals surface area contributed by atoms with Gasteiger partial charge in [-0.15, -0.1) is 0 Å². The van der Waals surface area contributed by atoms with Crippen LogP contribution in [-0.2, 0) is 16.8 Å². The van der Waals surface area contributed by atoms with Gasteiger partial charge in [0.2, 0.25) is 0 Å². The monoisotopic (exact) mass is 568 g/mol. The Balaban J connectivity index is 1.22. The Bertz CT molecular complexity index is 1510. The number of ether oxygens (including phenoxy) is 2. The number of nitrogens with zero attached hydrogens (tertiary/aromatic N) is 2. The van der Waals surface area contributed by atoms with Crippen molar-refractivity contribution >= 4 is 41.3 Å². The van der Waals surface area contributed by atoms with Gasteiger partial charge >= 0.3 is 0 Å². The summed E-state index contributed by atoms with van der Waals surface area (Å²) < 4.78 is 16.9. The van der Waals surface area contributed by atoms with E-state index in [0.29, 0.717) is 50.2 Å². The highest BCUT2D eigenvalue weighted by Crippen LogP contribution is 2.61. The van der Waals surface area contributed by atoms with Crippen LogP contribution in [0.2, 0.25) is 15.1 Å². The molecule has 2 aromatic heterocycles. The van der Waals surface area contributed by atoms with Gasteiger partial charge in [0.1, 0.15) is 29.6 Å². The molecule has 2 heterocycles. The summed E-state index contributed by atoms with van der Waals surface area (Å²) in [6.07, 6.45) is 6.35. The van der Waals surface area contributed by atoms with Gasteiger partial charge in [-0.3, -0.25) is 9.78 Å². The number of aromatic nitrogens is 2. The average molecular weight is 570 g/mol. The van der Waals surface area contributed by atoms with Gasteiger partial charge in [-0.05, 0) is 66.6 Å². The van der Waals surface area contributed by atoms with Crippen LogP contribution in [0.5, 0.6) is 11.5 Å². The van der Waals surface area contributed by atoms with Gasteiger partial charge in [0.25, 0.3) is 6.47 Å². The largest absolute Gasteiger partial charge is 0.489 e. The fourth-order valence-corrected chi connectivity index (χ4v) is 5.95. The summed E-state index contributed by atoms with van der Waals surface area (Å²) in [4.78, 5) is 14.9. The Morgan fingerprint density at radius 3 is 2.55 bits per heavy atom. The van der Waals surface area contributed by atoms with Crippen molar-refractivity contribution in [1.82, 2.24) is 10.1 Å². The molecule has 0 N–H and O–H groups in total. The van der Waals surface area contributed by atoms with E-state index in [2.05, 4.69) is 17.1 Å². The zero-order chi connectivity index (χ0) is 26.4. The molecule has 2 fully saturated rings. The molecule has 2 aliphatic carbocycles. The smallest absolute Gasteiger partial charge is 0.298 e. The first-order valence-electron chi connectivity index (χ1n) is 12.3. The molecule has 2 aromatic carbocycles. The van der Waals surface area contributed by atoms with Crippen molar-refractivity contribution in [1.29, 1.82) is 0 Å². The summed E-state index contributed by atoms with van der Waals surface area (Å²) in [6.45, 7) is 2.81. The van der Waals surface area contributed by atoms with Crippen LogP contribution in [0.1, 0.15) is 60.5 Å². The molecule has 6 rings (SSSR count). The van der Waals surface area contributed by atoms with Crippen LogP contribution >= 0.6 is 34.8 Å². The third kappa shape index (κ3) is 4.66. The molecule has 0 aliphatic heterocycles. The van der Waals surface area contributed by atoms with Crippen molar-refractivity contribution in [2.24, 2.45) is 0 Å². The van der Waals surface area contributed by atoms with E-state index < -0.39 is 0 Å². The van der Waals surface area contributed by atoms with E-state index in [1.807, 2.05) is 30.5 Å². The van der Waals surface area contributed by atoms with Gasteiger partial charge in [-0.1, -0.05) is 59.0 Å². The predicted octanol–water partition coefficient (Wildman–Crippen LogP) is 8.13. The van der Waals surface area contributed by atoms with Crippen molar-refractivity contribution in [3.05, 3.63) is 92.4 Å². The third-order valence-corrected chi connectivity index (χ3v) is 8.45. The molecule has 0 spiro atoms. The van der Waals surface area contributed by atoms with E-state index in [0.717, 1.165) is 41.7 Å². The SMILES string of the molecule is CC1(c2cncc(OC=O)c2)CC1c1ccc(OCc2c(-c3c(Cl)cccc3Cl)noc2C2CC2)cc1Cl. The summed E-state index contributed by atoms with van der Waals surface area (Å²) in [6, 6.07) is 13.0. The number of hydrogen-bond acceptors (Lipinski definition) is 6. The molecule has 2 saturated carbocycles. The highest BCUT2D eigenvalue weighted by atomic mass is 35.5. The first-order chi connectivity index (χ1) is 18.4. The maximum absolute atomic E-state index is 10.7. The highest BCUT2D eigenvalue weighted by molar-refractivity contribution is 6.39. The van der Waals surface area contributed by atoms with E-state index in [1.54, 1.807) is 18.2 Å². The van der Waals surface area contributed by atoms with Crippen LogP contribution in [0.25, 0.3) is 11.3 Å². The maximum Gasteiger partial charge on any atom is 0.298 e. The standard InChI is InChI=1S/C29H23Cl3N2O4/c1-29(17-9-19(37-15-35)13-33-12-17)11-22(29)20-8-7-18(10-25(20)32)36-14-21-27(34-38-28(21)16-5-6-16)26-23(30)3-2-4-24(26)31/h2-4,7-10,12-13,15-16,22H,5-6,11,14H2,1H3. The Hall–Kier alpha value is -3.06. The second kappa shape index (κ2) is 9.92. The molecule has 6 nitrogen and oxygen atoms in total. The number of carbonyl (C=O) groups is 1. The summed E-state index contributed by atoms with van der Waals surface area (Å²) in [5.74, 6) is 2.44. The number of hydrogen-bond donors (Lipinski definition) is 0. The lowest BCUT2D eigenvalue weighted by molar-refractivity contribution is -0.120. The van der Waals surface area contributed by atoms with E-state index >= 15 is 0 Å². The molecular weight excluding hydrogens is 547 g/mol. The molecule has 38 heavy (non-hydrogen) atoms. The minimum Gasteiger partial charge on any atom is -0.489 e. The van der Waals surface area contributed by atoms with Gasteiger partial charge < -0.3 is 14.0 Å². The van der Waals surface area contributed by atoms with Crippen LogP contribution in [-0.4, -0.2) is 16.6 Å². The summed E-state index contributed by atoms with van der Waals surface area (Å²) in [7, 11) is 0. The lowest BCUT2D eigenvalue weighted by Gasteiger charge is -2.14. The van der Waals surface area contributed by atoms with Crippen molar-refractivity contribution in [2.75, 3.05) is 0 Å². The average Bonchev–Trinajstić information content (AvgIpc) is 3.82. The predicted molar refractivity (Wildman–Crippen MR) is 145 cm³/mol. The molecule has 2 atom stereocenters. The van der Waals surface area contributed by atoms with Crippen LogP contribution in [0.4, 0.5) is 0 Å². The Labute approximate surface area is 234 Å². The molecule has 0 amide bonds. The van der Waals surface area contributed by atoms with Gasteiger partial charge in [0, 0.05) is 28.1 Å². The first-order valence-corrected chi connectivity index (χ1v) is 13.4. The van der Waals surface area contributed by atoms with E-state index in [9.17, 15) is 4.79 Å². The van der Waals surface area contributed by atoms with Gasteiger partial charge in [0.15, 0.2) is 0 Å². The second-order valence-corrected chi connectivity index (χ2v) is 11.2. The van der Waals surface area contributed by atoms with Gasteiger partial charge in [-0.25, -0.2) is 0 Å². The number of pyridine rings is 1. The second-order valence-electron chi connectivity index (χ2n) is 10.0. The van der Waals surface area contributed by atoms with Crippen LogP contribution in [0.3, 0.4) is 0 Å². The number of benzene rings is 2. The summed E-state index contributed by atoms with van der Waals surface area (Å²) >= 11 is 19.7. The molecule has 194 valence electrons. The molecule has 2 aliphatic rings. The Morgan fingerprint density at radius 1 is 1.05 bits per heavy atom. The Morgan fingerprint density at radius 2 is 1.84 bits per heavy atom. The molecule has 0 radical (unpaired) electrons. The Kier molecular flexibility index (Phi) is 6.58. The third-order valence-electron chi connectivity index (χ3n) is 7.49. The minimum absolute atomic E-state index is 0.147. The van der Waals surface area contributed by atoms with E-state index in [4.69, 9.17) is 48.8 Å². The van der Waals surface area contributed by atoms with Crippen LogP contribution in [0.15, 0.2) is 59.4 Å². The number of halogens is 3. The van der Waals surface area contributed by atoms with E-state index in [-0.39, 0.29) is 17.9 Å². The molecular formula is C29H23Cl3N2O4. The lowest BCUT2D eigenvalue weighted by atomic mass is 9.94. The first kappa shape index (κ1) is 25.2. The van der Waals surface area contributed by atoms with Crippen molar-refractivity contribution in [3.8, 4) is 22.8 Å². The lowest BCUT2D eigenvalue weighted by Crippen LogP contribution is -2.06. The topological polar surface area (TPSA) is 74.5 Å². The molecule has 0 bridgehead atoms. The fraction of sp³-hybridized carbons (Fsp3) is 0.276. The molecule has 9 heteroatoms. The quantitative estimate of drug-likeness (QED) is 0.189. The van der Waals surface area contributed by atoms with Crippen molar-refractivity contribution in [2.45, 2.75) is 50.0 Å². The normalized spacial score (nSPS) is 20.3. The van der Waals surface area contributed by atoms with Crippen molar-refractivity contribution < 1.29 is 18.8 Å². The van der Waals surface area contributed by atoms with Crippen LogP contribution < -0.4 is 9.47 Å². The van der Waals surface area contributed by atoms with Gasteiger partial charge in [-0.2, -0.15) is 0 Å². The summed E-state index contributed by atoms with van der Waals surface area (Å²) in [5.41, 5.74) is 3.99. The highest BCUT2D eigenvalue weighted by Gasteiger charge is 2.53. The van der Waals surface area contributed by atoms with Gasteiger partial charge in [0.05, 0.1) is 21.8 Å². The molecule has 4 aromatic rings. The zero-order valence-electron chi connectivity index (χ0n) is 20.4. The number of rotatable bonds is 9. The van der Waals surface area contributed by atoms with E-state index in [1.165, 1.54) is 6.20 Å². The van der Waals surface area contributed by atoms with Crippen LogP contribution in [0, 0.1) is 0 Å². The minimum atomic E-state index is -0.147. The van der Waals surface area contributed by atoms with Crippen molar-refractivity contribution in [3.63, 3.8) is 0 Å². The number of carbonyl (C=O) groups excluding carboxylic acids is 1. The maximum atomic E-state index is 10.7. The molecule has 0 saturated heterocycles. The molecule has 2 unspecified atom stereocenters. The summed E-state index contributed by atoms with van der Waals surface area (Å²) in [5, 5.41) is 5.97. The zero-order valence-corrected chi connectivity index (χ0v) is 22.7.